The predicted octanol–water partition coefficient (Wildman–Crippen LogP) is 2.74. The minimum atomic E-state index is -0.151. The first-order chi connectivity index (χ1) is 12.4. The van der Waals surface area contributed by atoms with Crippen molar-refractivity contribution in [1.82, 2.24) is 15.6 Å². The van der Waals surface area contributed by atoms with Gasteiger partial charge in [-0.05, 0) is 31.5 Å². The second-order valence-electron chi connectivity index (χ2n) is 5.74. The molecule has 2 rings (SSSR count). The van der Waals surface area contributed by atoms with Crippen molar-refractivity contribution < 1.29 is 13.9 Å². The molecule has 27 heavy (non-hydrogen) atoms. The molecule has 3 N–H and O–H groups in total. The van der Waals surface area contributed by atoms with Gasteiger partial charge in [0, 0.05) is 20.5 Å². The van der Waals surface area contributed by atoms with Gasteiger partial charge in [-0.2, -0.15) is 0 Å². The summed E-state index contributed by atoms with van der Waals surface area (Å²) < 4.78 is 10.8. The zero-order chi connectivity index (χ0) is 19.1. The monoisotopic (exact) mass is 487 g/mol. The van der Waals surface area contributed by atoms with Crippen LogP contribution in [0.1, 0.15) is 29.8 Å². The van der Waals surface area contributed by atoms with E-state index < -0.39 is 0 Å². The highest BCUT2D eigenvalue weighted by atomic mass is 127. The first kappa shape index (κ1) is 22.7. The van der Waals surface area contributed by atoms with Gasteiger partial charge in [0.1, 0.15) is 11.5 Å². The summed E-state index contributed by atoms with van der Waals surface area (Å²) in [5.74, 6) is 2.51. The number of ether oxygens (including phenoxy) is 1. The fraction of sp³-hybridized carbons (Fsp3) is 0.389. The van der Waals surface area contributed by atoms with Crippen molar-refractivity contribution in [3.05, 3.63) is 41.1 Å². The first-order valence-electron chi connectivity index (χ1n) is 8.25. The van der Waals surface area contributed by atoms with Crippen molar-refractivity contribution in [2.45, 2.75) is 33.9 Å². The highest BCUT2D eigenvalue weighted by Gasteiger charge is 2.08. The van der Waals surface area contributed by atoms with E-state index in [1.807, 2.05) is 32.0 Å². The van der Waals surface area contributed by atoms with Crippen LogP contribution in [0.4, 0.5) is 5.69 Å². The van der Waals surface area contributed by atoms with Crippen LogP contribution in [-0.2, 0) is 17.9 Å². The van der Waals surface area contributed by atoms with Gasteiger partial charge in [-0.25, -0.2) is 4.98 Å². The Labute approximate surface area is 176 Å². The molecule has 0 atom stereocenters. The van der Waals surface area contributed by atoms with E-state index in [2.05, 4.69) is 25.9 Å². The molecule has 0 aliphatic heterocycles. The molecule has 9 heteroatoms. The summed E-state index contributed by atoms with van der Waals surface area (Å²) in [6.07, 6.45) is 0. The molecule has 8 nitrogen and oxygen atoms in total. The third-order valence-electron chi connectivity index (χ3n) is 3.74. The number of hydrogen-bond donors (Lipinski definition) is 3. The maximum atomic E-state index is 11.3. The molecule has 0 spiro atoms. The second kappa shape index (κ2) is 10.8. The fourth-order valence-electron chi connectivity index (χ4n) is 2.33. The number of benzene rings is 1. The normalized spacial score (nSPS) is 10.8. The molecule has 0 bridgehead atoms. The van der Waals surface area contributed by atoms with Gasteiger partial charge < -0.3 is 25.1 Å². The van der Waals surface area contributed by atoms with Crippen LogP contribution in [0.5, 0.6) is 5.75 Å². The Morgan fingerprint density at radius 1 is 1.26 bits per heavy atom. The number of amides is 1. The van der Waals surface area contributed by atoms with Gasteiger partial charge in [-0.1, -0.05) is 6.07 Å². The number of carbonyl (C=O) groups excluding carboxylic acids is 1. The zero-order valence-electron chi connectivity index (χ0n) is 16.2. The Bertz CT molecular complexity index is 785. The average Bonchev–Trinajstić information content (AvgIpc) is 2.92. The molecule has 1 aromatic carbocycles. The summed E-state index contributed by atoms with van der Waals surface area (Å²) >= 11 is 0. The van der Waals surface area contributed by atoms with Crippen LogP contribution in [-0.4, -0.2) is 31.0 Å². The van der Waals surface area contributed by atoms with Crippen molar-refractivity contribution in [2.75, 3.05) is 19.5 Å². The Morgan fingerprint density at radius 2 is 1.96 bits per heavy atom. The van der Waals surface area contributed by atoms with Gasteiger partial charge in [0.2, 0.25) is 11.8 Å². The van der Waals surface area contributed by atoms with E-state index in [-0.39, 0.29) is 29.9 Å². The summed E-state index contributed by atoms with van der Waals surface area (Å²) in [6.45, 7) is 6.22. The third kappa shape index (κ3) is 6.74. The number of rotatable bonds is 6. The van der Waals surface area contributed by atoms with Crippen LogP contribution in [0.3, 0.4) is 0 Å². The minimum Gasteiger partial charge on any atom is -0.495 e. The lowest BCUT2D eigenvalue weighted by molar-refractivity contribution is -0.114. The minimum absolute atomic E-state index is 0. The van der Waals surface area contributed by atoms with Crippen molar-refractivity contribution in [1.29, 1.82) is 0 Å². The number of nitrogens with zero attached hydrogens (tertiary/aromatic N) is 2. The molecule has 0 fully saturated rings. The van der Waals surface area contributed by atoms with Gasteiger partial charge in [-0.15, -0.1) is 24.0 Å². The number of nitrogens with one attached hydrogen (secondary N) is 3. The lowest BCUT2D eigenvalue weighted by Crippen LogP contribution is -2.36. The average molecular weight is 487 g/mol. The Hall–Kier alpha value is -2.30. The van der Waals surface area contributed by atoms with Crippen LogP contribution < -0.4 is 20.7 Å². The lowest BCUT2D eigenvalue weighted by Gasteiger charge is -2.13. The summed E-state index contributed by atoms with van der Waals surface area (Å²) in [6, 6.07) is 5.60. The van der Waals surface area contributed by atoms with Crippen LogP contribution >= 0.6 is 24.0 Å². The highest BCUT2D eigenvalue weighted by molar-refractivity contribution is 14.0. The third-order valence-corrected chi connectivity index (χ3v) is 3.74. The number of oxazole rings is 1. The summed E-state index contributed by atoms with van der Waals surface area (Å²) in [5.41, 5.74) is 2.49. The first-order valence-corrected chi connectivity index (χ1v) is 8.25. The Balaban J connectivity index is 0.00000364. The van der Waals surface area contributed by atoms with Crippen LogP contribution in [0.2, 0.25) is 0 Å². The SMILES string of the molecule is CN=C(NCc1ccc(OC)c(NC(C)=O)c1)NCc1nc(C)c(C)o1.I. The molecule has 0 radical (unpaired) electrons. The molecule has 148 valence electrons. The van der Waals surface area contributed by atoms with Gasteiger partial charge in [0.05, 0.1) is 25.0 Å². The number of halogens is 1. The quantitative estimate of drug-likeness (QED) is 0.329. The molecule has 1 heterocycles. The van der Waals surface area contributed by atoms with E-state index >= 15 is 0 Å². The molecule has 0 saturated carbocycles. The molecule has 0 unspecified atom stereocenters. The molecular formula is C18H26IN5O3. The summed E-state index contributed by atoms with van der Waals surface area (Å²) in [5, 5.41) is 9.13. The van der Waals surface area contributed by atoms with Crippen molar-refractivity contribution in [3.8, 4) is 5.75 Å². The smallest absolute Gasteiger partial charge is 0.221 e. The van der Waals surface area contributed by atoms with E-state index in [9.17, 15) is 4.79 Å². The highest BCUT2D eigenvalue weighted by Crippen LogP contribution is 2.25. The number of carbonyl (C=O) groups is 1. The topological polar surface area (TPSA) is 101 Å². The zero-order valence-corrected chi connectivity index (χ0v) is 18.5. The van der Waals surface area contributed by atoms with Crippen LogP contribution in [0.25, 0.3) is 0 Å². The van der Waals surface area contributed by atoms with Crippen LogP contribution in [0.15, 0.2) is 27.6 Å². The molecule has 1 amide bonds. The fourth-order valence-corrected chi connectivity index (χ4v) is 2.33. The second-order valence-corrected chi connectivity index (χ2v) is 5.74. The van der Waals surface area contributed by atoms with Crippen molar-refractivity contribution >= 4 is 41.5 Å². The van der Waals surface area contributed by atoms with E-state index in [4.69, 9.17) is 9.15 Å². The summed E-state index contributed by atoms with van der Waals surface area (Å²) in [4.78, 5) is 19.8. The molecule has 0 saturated heterocycles. The van der Waals surface area contributed by atoms with Crippen molar-refractivity contribution in [2.24, 2.45) is 4.99 Å². The number of hydrogen-bond acceptors (Lipinski definition) is 5. The molecule has 0 aliphatic rings. The number of methoxy groups -OCH3 is 1. The molecular weight excluding hydrogens is 461 g/mol. The van der Waals surface area contributed by atoms with Gasteiger partial charge in [0.15, 0.2) is 5.96 Å². The summed E-state index contributed by atoms with van der Waals surface area (Å²) in [7, 11) is 3.26. The number of anilines is 1. The van der Waals surface area contributed by atoms with E-state index in [0.29, 0.717) is 36.4 Å². The van der Waals surface area contributed by atoms with Crippen LogP contribution in [0, 0.1) is 13.8 Å². The van der Waals surface area contributed by atoms with Gasteiger partial charge in [-0.3, -0.25) is 9.79 Å². The van der Waals surface area contributed by atoms with Crippen molar-refractivity contribution in [3.63, 3.8) is 0 Å². The molecule has 0 aliphatic carbocycles. The predicted molar refractivity (Wildman–Crippen MR) is 116 cm³/mol. The van der Waals surface area contributed by atoms with Gasteiger partial charge >= 0.3 is 0 Å². The molecule has 1 aromatic heterocycles. The Morgan fingerprint density at radius 3 is 2.52 bits per heavy atom. The van der Waals surface area contributed by atoms with E-state index in [0.717, 1.165) is 17.0 Å². The largest absolute Gasteiger partial charge is 0.495 e. The maximum Gasteiger partial charge on any atom is 0.221 e. The van der Waals surface area contributed by atoms with Gasteiger partial charge in [0.25, 0.3) is 0 Å². The number of aromatic nitrogens is 1. The number of aliphatic imine (C=N–C) groups is 1. The van der Waals surface area contributed by atoms with E-state index in [1.165, 1.54) is 6.92 Å². The number of guanidine groups is 1. The molecule has 2 aromatic rings. The standard InChI is InChI=1S/C18H25N5O3.HI/c1-11-12(2)26-17(22-11)10-21-18(19-4)20-9-14-6-7-16(25-5)15(8-14)23-13(3)24;/h6-8H,9-10H2,1-5H3,(H,23,24)(H2,19,20,21);1H. The van der Waals surface area contributed by atoms with E-state index in [1.54, 1.807) is 14.2 Å². The lowest BCUT2D eigenvalue weighted by atomic mass is 10.2. The maximum absolute atomic E-state index is 11.3. The Kier molecular flexibility index (Phi) is 9.06. The number of aryl methyl sites for hydroxylation is 2.